The number of benzene rings is 2. The Balaban J connectivity index is 1.41. The summed E-state index contributed by atoms with van der Waals surface area (Å²) in [5.74, 6) is -0.595. The molecular weight excluding hydrogens is 352 g/mol. The van der Waals surface area contributed by atoms with Crippen LogP contribution < -0.4 is 20.3 Å². The molecule has 0 aromatic heterocycles. The first-order valence-corrected chi connectivity index (χ1v) is 8.00. The summed E-state index contributed by atoms with van der Waals surface area (Å²) < 4.78 is 15.3. The number of rotatable bonds is 5. The average Bonchev–Trinajstić information content (AvgIpc) is 3.17. The van der Waals surface area contributed by atoms with E-state index in [1.165, 1.54) is 12.2 Å². The van der Waals surface area contributed by atoms with Crippen LogP contribution in [0, 0.1) is 0 Å². The number of ether oxygens (including phenoxy) is 3. The molecule has 1 aliphatic heterocycles. The van der Waals surface area contributed by atoms with Crippen molar-refractivity contribution in [1.29, 1.82) is 0 Å². The van der Waals surface area contributed by atoms with Gasteiger partial charge in [-0.15, -0.1) is 0 Å². The summed E-state index contributed by atoms with van der Waals surface area (Å²) in [6.45, 7) is -0.361. The highest BCUT2D eigenvalue weighted by Crippen LogP contribution is 2.32. The molecule has 0 spiro atoms. The summed E-state index contributed by atoms with van der Waals surface area (Å²) in [5, 5.41) is 0. The van der Waals surface area contributed by atoms with Crippen molar-refractivity contribution in [2.24, 2.45) is 0 Å². The van der Waals surface area contributed by atoms with E-state index in [-0.39, 0.29) is 6.79 Å². The predicted octanol–water partition coefficient (Wildman–Crippen LogP) is 1.43. The third kappa shape index (κ3) is 5.08. The van der Waals surface area contributed by atoms with Crippen LogP contribution >= 0.6 is 0 Å². The summed E-state index contributed by atoms with van der Waals surface area (Å²) in [6, 6.07) is 13.6. The van der Waals surface area contributed by atoms with Crippen molar-refractivity contribution < 1.29 is 28.6 Å². The first kappa shape index (κ1) is 18.0. The molecular formula is C19H16N2O6. The van der Waals surface area contributed by atoms with E-state index in [1.54, 1.807) is 48.5 Å². The first-order chi connectivity index (χ1) is 13.1. The Morgan fingerprint density at radius 2 is 1.78 bits per heavy atom. The normalized spacial score (nSPS) is 11.9. The lowest BCUT2D eigenvalue weighted by atomic mass is 10.2. The molecule has 8 nitrogen and oxygen atoms in total. The number of amides is 2. The van der Waals surface area contributed by atoms with E-state index >= 15 is 0 Å². The van der Waals surface area contributed by atoms with Crippen LogP contribution in [0.3, 0.4) is 0 Å². The average molecular weight is 368 g/mol. The standard InChI is InChI=1S/C19H16N2O6/c22-17(20-21-19(24)14-4-2-1-3-5-14)11-25-18(23)9-7-13-6-8-15-16(10-13)27-12-26-15/h1-10H,11-12H2,(H,20,22)(H,21,24)/b9-7+. The minimum absolute atomic E-state index is 0.167. The molecule has 0 saturated heterocycles. The van der Waals surface area contributed by atoms with E-state index in [0.29, 0.717) is 17.1 Å². The third-order valence-corrected chi connectivity index (χ3v) is 3.51. The second-order valence-corrected chi connectivity index (χ2v) is 5.42. The smallest absolute Gasteiger partial charge is 0.331 e. The van der Waals surface area contributed by atoms with E-state index in [9.17, 15) is 14.4 Å². The Labute approximate surface area is 154 Å². The fourth-order valence-electron chi connectivity index (χ4n) is 2.19. The molecule has 1 aliphatic rings. The quantitative estimate of drug-likeness (QED) is 0.470. The van der Waals surface area contributed by atoms with Crippen molar-refractivity contribution in [2.45, 2.75) is 0 Å². The van der Waals surface area contributed by atoms with Crippen molar-refractivity contribution in [3.63, 3.8) is 0 Å². The lowest BCUT2D eigenvalue weighted by molar-refractivity contribution is -0.144. The van der Waals surface area contributed by atoms with Gasteiger partial charge >= 0.3 is 5.97 Å². The number of hydrogen-bond donors (Lipinski definition) is 2. The van der Waals surface area contributed by atoms with Gasteiger partial charge in [-0.25, -0.2) is 4.79 Å². The Hall–Kier alpha value is -3.81. The number of hydrogen-bond acceptors (Lipinski definition) is 6. The van der Waals surface area contributed by atoms with Crippen LogP contribution in [-0.2, 0) is 14.3 Å². The van der Waals surface area contributed by atoms with Crippen molar-refractivity contribution >= 4 is 23.9 Å². The van der Waals surface area contributed by atoms with E-state index in [4.69, 9.17) is 14.2 Å². The van der Waals surface area contributed by atoms with Crippen molar-refractivity contribution in [3.05, 3.63) is 65.7 Å². The molecule has 3 rings (SSSR count). The van der Waals surface area contributed by atoms with Gasteiger partial charge in [0, 0.05) is 11.6 Å². The molecule has 0 fully saturated rings. The molecule has 1 heterocycles. The van der Waals surface area contributed by atoms with E-state index in [2.05, 4.69) is 10.9 Å². The zero-order chi connectivity index (χ0) is 19.1. The Morgan fingerprint density at radius 3 is 2.59 bits per heavy atom. The molecule has 2 amide bonds. The van der Waals surface area contributed by atoms with E-state index in [1.807, 2.05) is 0 Å². The highest BCUT2D eigenvalue weighted by atomic mass is 16.7. The molecule has 0 atom stereocenters. The zero-order valence-corrected chi connectivity index (χ0v) is 14.1. The van der Waals surface area contributed by atoms with E-state index < -0.39 is 24.4 Å². The number of carbonyl (C=O) groups excluding carboxylic acids is 3. The van der Waals surface area contributed by atoms with Gasteiger partial charge in [-0.05, 0) is 35.9 Å². The van der Waals surface area contributed by atoms with Crippen molar-refractivity contribution in [3.8, 4) is 11.5 Å². The number of esters is 1. The minimum Gasteiger partial charge on any atom is -0.454 e. The van der Waals surface area contributed by atoms with E-state index in [0.717, 1.165) is 5.56 Å². The van der Waals surface area contributed by atoms with Gasteiger partial charge in [0.25, 0.3) is 11.8 Å². The van der Waals surface area contributed by atoms with Crippen molar-refractivity contribution in [2.75, 3.05) is 13.4 Å². The van der Waals surface area contributed by atoms with Gasteiger partial charge in [-0.3, -0.25) is 20.4 Å². The van der Waals surface area contributed by atoms with Gasteiger partial charge in [-0.1, -0.05) is 24.3 Å². The fourth-order valence-corrected chi connectivity index (χ4v) is 2.19. The molecule has 8 heteroatoms. The SMILES string of the molecule is O=C(COC(=O)/C=C/c1ccc2c(c1)OCO2)NNC(=O)c1ccccc1. The van der Waals surface area contributed by atoms with Crippen LogP contribution in [0.15, 0.2) is 54.6 Å². The van der Waals surface area contributed by atoms with Crippen LogP contribution in [0.2, 0.25) is 0 Å². The maximum Gasteiger partial charge on any atom is 0.331 e. The number of fused-ring (bicyclic) bond motifs is 1. The molecule has 0 unspecified atom stereocenters. The summed E-state index contributed by atoms with van der Waals surface area (Å²) in [4.78, 5) is 35.1. The summed E-state index contributed by atoms with van der Waals surface area (Å²) >= 11 is 0. The Morgan fingerprint density at radius 1 is 1.00 bits per heavy atom. The molecule has 0 bridgehead atoms. The van der Waals surface area contributed by atoms with Gasteiger partial charge in [0.1, 0.15) is 0 Å². The molecule has 2 aromatic carbocycles. The summed E-state index contributed by atoms with van der Waals surface area (Å²) in [5.41, 5.74) is 5.51. The lowest BCUT2D eigenvalue weighted by Crippen LogP contribution is -2.43. The number of hydrazine groups is 1. The monoisotopic (exact) mass is 368 g/mol. The summed E-state index contributed by atoms with van der Waals surface area (Å²) in [7, 11) is 0. The minimum atomic E-state index is -0.697. The van der Waals surface area contributed by atoms with Crippen LogP contribution in [-0.4, -0.2) is 31.2 Å². The topological polar surface area (TPSA) is 103 Å². The van der Waals surface area contributed by atoms with Crippen LogP contribution in [0.4, 0.5) is 0 Å². The molecule has 2 aromatic rings. The van der Waals surface area contributed by atoms with Gasteiger partial charge in [0.15, 0.2) is 18.1 Å². The molecule has 0 saturated carbocycles. The molecule has 27 heavy (non-hydrogen) atoms. The second kappa shape index (κ2) is 8.52. The van der Waals surface area contributed by atoms with Gasteiger partial charge in [-0.2, -0.15) is 0 Å². The second-order valence-electron chi connectivity index (χ2n) is 5.42. The maximum atomic E-state index is 11.8. The predicted molar refractivity (Wildman–Crippen MR) is 94.6 cm³/mol. The number of carbonyl (C=O) groups is 3. The Kier molecular flexibility index (Phi) is 5.68. The van der Waals surface area contributed by atoms with Gasteiger partial charge in [0.2, 0.25) is 6.79 Å². The number of nitrogens with one attached hydrogen (secondary N) is 2. The Bertz CT molecular complexity index is 879. The maximum absolute atomic E-state index is 11.8. The first-order valence-electron chi connectivity index (χ1n) is 8.00. The summed E-state index contributed by atoms with van der Waals surface area (Å²) in [6.07, 6.45) is 2.72. The lowest BCUT2D eigenvalue weighted by Gasteiger charge is -2.07. The van der Waals surface area contributed by atoms with Gasteiger partial charge < -0.3 is 14.2 Å². The molecule has 138 valence electrons. The van der Waals surface area contributed by atoms with Gasteiger partial charge in [0.05, 0.1) is 0 Å². The third-order valence-electron chi connectivity index (χ3n) is 3.51. The highest BCUT2D eigenvalue weighted by molar-refractivity contribution is 5.95. The largest absolute Gasteiger partial charge is 0.454 e. The van der Waals surface area contributed by atoms with Crippen LogP contribution in [0.5, 0.6) is 11.5 Å². The highest BCUT2D eigenvalue weighted by Gasteiger charge is 2.12. The molecule has 0 radical (unpaired) electrons. The van der Waals surface area contributed by atoms with Crippen molar-refractivity contribution in [1.82, 2.24) is 10.9 Å². The molecule has 0 aliphatic carbocycles. The zero-order valence-electron chi connectivity index (χ0n) is 14.1. The fraction of sp³-hybridized carbons (Fsp3) is 0.105. The van der Waals surface area contributed by atoms with Crippen LogP contribution in [0.25, 0.3) is 6.08 Å². The molecule has 2 N–H and O–H groups in total. The van der Waals surface area contributed by atoms with Crippen LogP contribution in [0.1, 0.15) is 15.9 Å².